The van der Waals surface area contributed by atoms with E-state index in [4.69, 9.17) is 0 Å². The van der Waals surface area contributed by atoms with E-state index in [0.717, 1.165) is 25.7 Å². The van der Waals surface area contributed by atoms with E-state index in [0.29, 0.717) is 11.8 Å². The SMILES string of the molecule is CC1(C)CCCC(C)(C)N1C(=O)C1CCCC1. The first-order valence-corrected chi connectivity index (χ1v) is 7.19. The number of piperidine rings is 1. The van der Waals surface area contributed by atoms with E-state index in [1.807, 2.05) is 0 Å². The van der Waals surface area contributed by atoms with Gasteiger partial charge in [0.05, 0.1) is 0 Å². The van der Waals surface area contributed by atoms with Crippen LogP contribution in [0.1, 0.15) is 72.6 Å². The molecule has 0 N–H and O–H groups in total. The Morgan fingerprint density at radius 2 is 1.41 bits per heavy atom. The lowest BCUT2D eigenvalue weighted by molar-refractivity contribution is -0.153. The normalized spacial score (nSPS) is 28.4. The molecule has 1 saturated carbocycles. The lowest BCUT2D eigenvalue weighted by Crippen LogP contribution is -2.62. The Morgan fingerprint density at radius 3 is 1.88 bits per heavy atom. The van der Waals surface area contributed by atoms with Crippen molar-refractivity contribution in [3.63, 3.8) is 0 Å². The third kappa shape index (κ3) is 2.36. The number of hydrogen-bond acceptors (Lipinski definition) is 1. The van der Waals surface area contributed by atoms with Gasteiger partial charge in [-0.3, -0.25) is 4.79 Å². The molecule has 1 heterocycles. The van der Waals surface area contributed by atoms with Gasteiger partial charge in [0, 0.05) is 17.0 Å². The van der Waals surface area contributed by atoms with Crippen molar-refractivity contribution in [1.82, 2.24) is 4.90 Å². The van der Waals surface area contributed by atoms with Crippen LogP contribution in [0, 0.1) is 5.92 Å². The van der Waals surface area contributed by atoms with Crippen molar-refractivity contribution >= 4 is 5.91 Å². The van der Waals surface area contributed by atoms with E-state index >= 15 is 0 Å². The van der Waals surface area contributed by atoms with Gasteiger partial charge in [0.25, 0.3) is 0 Å². The first-order valence-electron chi connectivity index (χ1n) is 7.19. The Morgan fingerprint density at radius 1 is 0.941 bits per heavy atom. The van der Waals surface area contributed by atoms with Crippen molar-refractivity contribution in [1.29, 1.82) is 0 Å². The van der Waals surface area contributed by atoms with Crippen LogP contribution in [-0.2, 0) is 4.79 Å². The fraction of sp³-hybridized carbons (Fsp3) is 0.933. The topological polar surface area (TPSA) is 20.3 Å². The van der Waals surface area contributed by atoms with Crippen LogP contribution in [0.3, 0.4) is 0 Å². The zero-order valence-electron chi connectivity index (χ0n) is 11.9. The van der Waals surface area contributed by atoms with Crippen LogP contribution < -0.4 is 0 Å². The highest BCUT2D eigenvalue weighted by molar-refractivity contribution is 5.80. The van der Waals surface area contributed by atoms with Crippen molar-refractivity contribution in [3.8, 4) is 0 Å². The summed E-state index contributed by atoms with van der Waals surface area (Å²) in [5.41, 5.74) is 0.0862. The number of likely N-dealkylation sites (tertiary alicyclic amines) is 1. The summed E-state index contributed by atoms with van der Waals surface area (Å²) in [5.74, 6) is 0.740. The summed E-state index contributed by atoms with van der Waals surface area (Å²) in [5, 5.41) is 0. The van der Waals surface area contributed by atoms with Gasteiger partial charge in [-0.1, -0.05) is 12.8 Å². The smallest absolute Gasteiger partial charge is 0.226 e. The maximum atomic E-state index is 12.8. The summed E-state index contributed by atoms with van der Waals surface area (Å²) in [6, 6.07) is 0. The molecule has 0 unspecified atom stereocenters. The molecule has 0 spiro atoms. The lowest BCUT2D eigenvalue weighted by Gasteiger charge is -2.53. The lowest BCUT2D eigenvalue weighted by atomic mass is 9.78. The molecule has 2 nitrogen and oxygen atoms in total. The summed E-state index contributed by atoms with van der Waals surface area (Å²) in [6.07, 6.45) is 8.25. The minimum absolute atomic E-state index is 0.0431. The second-order valence-electron chi connectivity index (χ2n) is 7.13. The Hall–Kier alpha value is -0.530. The molecule has 17 heavy (non-hydrogen) atoms. The van der Waals surface area contributed by atoms with E-state index in [1.165, 1.54) is 19.3 Å². The van der Waals surface area contributed by atoms with Crippen LogP contribution in [0.25, 0.3) is 0 Å². The molecule has 0 atom stereocenters. The molecule has 98 valence electrons. The molecule has 1 aliphatic carbocycles. The second-order valence-corrected chi connectivity index (χ2v) is 7.13. The number of amides is 1. The summed E-state index contributed by atoms with van der Waals surface area (Å²) in [6.45, 7) is 8.95. The monoisotopic (exact) mass is 237 g/mol. The number of carbonyl (C=O) groups excluding carboxylic acids is 1. The predicted octanol–water partition coefficient (Wildman–Crippen LogP) is 3.75. The van der Waals surface area contributed by atoms with Gasteiger partial charge < -0.3 is 4.90 Å². The minimum Gasteiger partial charge on any atom is -0.332 e. The summed E-state index contributed by atoms with van der Waals surface area (Å²) < 4.78 is 0. The second kappa shape index (κ2) is 4.29. The van der Waals surface area contributed by atoms with E-state index in [-0.39, 0.29) is 11.1 Å². The third-order valence-electron chi connectivity index (χ3n) is 4.71. The molecule has 0 aromatic heterocycles. The maximum absolute atomic E-state index is 12.8. The van der Waals surface area contributed by atoms with Gasteiger partial charge in [-0.2, -0.15) is 0 Å². The fourth-order valence-electron chi connectivity index (χ4n) is 3.95. The Balaban J connectivity index is 2.22. The predicted molar refractivity (Wildman–Crippen MR) is 70.8 cm³/mol. The van der Waals surface area contributed by atoms with Crippen LogP contribution in [0.2, 0.25) is 0 Å². The Kier molecular flexibility index (Phi) is 3.26. The summed E-state index contributed by atoms with van der Waals surface area (Å²) in [7, 11) is 0. The molecule has 2 rings (SSSR count). The van der Waals surface area contributed by atoms with Gasteiger partial charge in [0.15, 0.2) is 0 Å². The zero-order valence-corrected chi connectivity index (χ0v) is 11.9. The Labute approximate surface area is 106 Å². The van der Waals surface area contributed by atoms with Crippen LogP contribution in [-0.4, -0.2) is 21.9 Å². The quantitative estimate of drug-likeness (QED) is 0.680. The molecule has 1 saturated heterocycles. The van der Waals surface area contributed by atoms with Crippen molar-refractivity contribution in [2.75, 3.05) is 0 Å². The van der Waals surface area contributed by atoms with Crippen molar-refractivity contribution in [2.24, 2.45) is 5.92 Å². The number of rotatable bonds is 1. The third-order valence-corrected chi connectivity index (χ3v) is 4.71. The van der Waals surface area contributed by atoms with E-state index in [2.05, 4.69) is 32.6 Å². The molecule has 0 bridgehead atoms. The standard InChI is InChI=1S/C15H27NO/c1-14(2)10-7-11-15(3,4)16(14)13(17)12-8-5-6-9-12/h12H,5-11H2,1-4H3. The first-order chi connectivity index (χ1) is 7.84. The highest BCUT2D eigenvalue weighted by Crippen LogP contribution is 2.41. The molecule has 2 heteroatoms. The molecule has 0 radical (unpaired) electrons. The molecule has 2 fully saturated rings. The van der Waals surface area contributed by atoms with Crippen molar-refractivity contribution < 1.29 is 4.79 Å². The average Bonchev–Trinajstić information content (AvgIpc) is 2.66. The van der Waals surface area contributed by atoms with Gasteiger partial charge in [-0.05, 0) is 59.8 Å². The minimum atomic E-state index is 0.0431. The largest absolute Gasteiger partial charge is 0.332 e. The molecule has 1 amide bonds. The number of hydrogen-bond donors (Lipinski definition) is 0. The van der Waals surface area contributed by atoms with E-state index in [1.54, 1.807) is 0 Å². The van der Waals surface area contributed by atoms with E-state index < -0.39 is 0 Å². The van der Waals surface area contributed by atoms with Gasteiger partial charge in [-0.25, -0.2) is 0 Å². The highest BCUT2D eigenvalue weighted by Gasteiger charge is 2.46. The van der Waals surface area contributed by atoms with Crippen molar-refractivity contribution in [3.05, 3.63) is 0 Å². The van der Waals surface area contributed by atoms with Crippen molar-refractivity contribution in [2.45, 2.75) is 83.7 Å². The maximum Gasteiger partial charge on any atom is 0.226 e. The molecule has 1 aliphatic heterocycles. The van der Waals surface area contributed by atoms with Crippen LogP contribution in [0.5, 0.6) is 0 Å². The molecule has 2 aliphatic rings. The van der Waals surface area contributed by atoms with Crippen LogP contribution in [0.15, 0.2) is 0 Å². The number of nitrogens with zero attached hydrogens (tertiary/aromatic N) is 1. The Bertz CT molecular complexity index is 284. The molecule has 0 aromatic carbocycles. The molecule has 0 aromatic rings. The highest BCUT2D eigenvalue weighted by atomic mass is 16.2. The average molecular weight is 237 g/mol. The van der Waals surface area contributed by atoms with Gasteiger partial charge in [0.2, 0.25) is 5.91 Å². The number of carbonyl (C=O) groups is 1. The fourth-order valence-corrected chi connectivity index (χ4v) is 3.95. The van der Waals surface area contributed by atoms with Gasteiger partial charge in [0.1, 0.15) is 0 Å². The first kappa shape index (κ1) is 12.9. The molecular formula is C15H27NO. The van der Waals surface area contributed by atoms with Crippen LogP contribution >= 0.6 is 0 Å². The summed E-state index contributed by atoms with van der Waals surface area (Å²) >= 11 is 0. The van der Waals surface area contributed by atoms with Crippen LogP contribution in [0.4, 0.5) is 0 Å². The molecular weight excluding hydrogens is 210 g/mol. The van der Waals surface area contributed by atoms with Gasteiger partial charge in [-0.15, -0.1) is 0 Å². The van der Waals surface area contributed by atoms with Gasteiger partial charge >= 0.3 is 0 Å². The van der Waals surface area contributed by atoms with E-state index in [9.17, 15) is 4.79 Å². The summed E-state index contributed by atoms with van der Waals surface area (Å²) in [4.78, 5) is 15.0. The zero-order chi connectivity index (χ0) is 12.7.